The lowest BCUT2D eigenvalue weighted by Gasteiger charge is -2.17. The van der Waals surface area contributed by atoms with Gasteiger partial charge in [-0.3, -0.25) is 4.79 Å². The average molecular weight is 372 g/mol. The van der Waals surface area contributed by atoms with Gasteiger partial charge in [-0.1, -0.05) is 36.7 Å². The number of carbonyl (C=O) groups is 1. The van der Waals surface area contributed by atoms with E-state index in [-0.39, 0.29) is 5.91 Å². The van der Waals surface area contributed by atoms with Crippen LogP contribution in [0.25, 0.3) is 0 Å². The minimum absolute atomic E-state index is 0.0142. The Morgan fingerprint density at radius 3 is 2.69 bits per heavy atom. The third-order valence-corrected chi connectivity index (χ3v) is 5.40. The number of carbonyl (C=O) groups excluding carboxylic acids is 1. The third kappa shape index (κ3) is 4.21. The summed E-state index contributed by atoms with van der Waals surface area (Å²) in [6.07, 6.45) is 3.74. The lowest BCUT2D eigenvalue weighted by Crippen LogP contribution is -2.21. The Labute approximate surface area is 160 Å². The Kier molecular flexibility index (Phi) is 5.87. The van der Waals surface area contributed by atoms with Gasteiger partial charge in [-0.25, -0.2) is 0 Å². The molecular formula is C22H26ClNO2. The number of rotatable bonds is 7. The minimum Gasteiger partial charge on any atom is -0.487 e. The van der Waals surface area contributed by atoms with E-state index in [1.54, 1.807) is 7.05 Å². The number of hydrogen-bond donors (Lipinski definition) is 1. The largest absolute Gasteiger partial charge is 0.487 e. The minimum atomic E-state index is 0.0142. The average Bonchev–Trinajstić information content (AvgIpc) is 3.47. The van der Waals surface area contributed by atoms with Crippen LogP contribution in [0.4, 0.5) is 0 Å². The third-order valence-electron chi connectivity index (χ3n) is 5.10. The number of ether oxygens (including phenoxy) is 1. The molecule has 0 heterocycles. The molecular weight excluding hydrogens is 346 g/mol. The van der Waals surface area contributed by atoms with Gasteiger partial charge in [0.05, 0.1) is 11.4 Å². The lowest BCUT2D eigenvalue weighted by molar-refractivity contribution is -0.119. The van der Waals surface area contributed by atoms with Gasteiger partial charge in [-0.2, -0.15) is 0 Å². The van der Waals surface area contributed by atoms with Crippen molar-refractivity contribution in [1.29, 1.82) is 0 Å². The molecule has 2 aromatic carbocycles. The smallest absolute Gasteiger partial charge is 0.224 e. The molecule has 138 valence electrons. The highest BCUT2D eigenvalue weighted by molar-refractivity contribution is 6.32. The van der Waals surface area contributed by atoms with Crippen LogP contribution in [0.3, 0.4) is 0 Å². The number of aryl methyl sites for hydroxylation is 2. The van der Waals surface area contributed by atoms with Crippen LogP contribution in [-0.4, -0.2) is 13.0 Å². The molecule has 0 bridgehead atoms. The number of nitrogens with one attached hydrogen (secondary N) is 1. The van der Waals surface area contributed by atoms with E-state index < -0.39 is 0 Å². The topological polar surface area (TPSA) is 38.3 Å². The summed E-state index contributed by atoms with van der Waals surface area (Å²) in [5.41, 5.74) is 5.90. The summed E-state index contributed by atoms with van der Waals surface area (Å²) < 4.78 is 6.11. The predicted molar refractivity (Wildman–Crippen MR) is 106 cm³/mol. The lowest BCUT2D eigenvalue weighted by atomic mass is 9.96. The first-order chi connectivity index (χ1) is 12.5. The van der Waals surface area contributed by atoms with Crippen molar-refractivity contribution in [2.45, 2.75) is 52.1 Å². The highest BCUT2D eigenvalue weighted by Gasteiger charge is 2.27. The van der Waals surface area contributed by atoms with Crippen LogP contribution in [0.1, 0.15) is 53.5 Å². The molecule has 0 aliphatic heterocycles. The number of halogens is 1. The maximum Gasteiger partial charge on any atom is 0.224 e. The van der Waals surface area contributed by atoms with Crippen molar-refractivity contribution in [1.82, 2.24) is 5.32 Å². The van der Waals surface area contributed by atoms with E-state index in [1.165, 1.54) is 29.5 Å². The van der Waals surface area contributed by atoms with Crippen LogP contribution < -0.4 is 10.1 Å². The molecule has 1 N–H and O–H groups in total. The van der Waals surface area contributed by atoms with E-state index in [4.69, 9.17) is 16.3 Å². The first-order valence-electron chi connectivity index (χ1n) is 9.26. The fourth-order valence-electron chi connectivity index (χ4n) is 3.37. The van der Waals surface area contributed by atoms with Crippen LogP contribution in [0, 0.1) is 6.92 Å². The first kappa shape index (κ1) is 18.8. The van der Waals surface area contributed by atoms with Gasteiger partial charge in [0.2, 0.25) is 5.91 Å². The number of amides is 1. The van der Waals surface area contributed by atoms with Crippen LogP contribution in [0.15, 0.2) is 30.3 Å². The van der Waals surface area contributed by atoms with Crippen molar-refractivity contribution in [2.24, 2.45) is 0 Å². The zero-order valence-electron chi connectivity index (χ0n) is 15.7. The van der Waals surface area contributed by atoms with Gasteiger partial charge < -0.3 is 10.1 Å². The van der Waals surface area contributed by atoms with Gasteiger partial charge in [0.15, 0.2) is 0 Å². The summed E-state index contributed by atoms with van der Waals surface area (Å²) in [4.78, 5) is 11.9. The van der Waals surface area contributed by atoms with Gasteiger partial charge in [0.25, 0.3) is 0 Å². The second-order valence-corrected chi connectivity index (χ2v) is 7.37. The molecule has 1 aliphatic carbocycles. The Hall–Kier alpha value is -2.00. The molecule has 1 saturated carbocycles. The number of benzene rings is 2. The van der Waals surface area contributed by atoms with Gasteiger partial charge >= 0.3 is 0 Å². The molecule has 0 saturated heterocycles. The maximum atomic E-state index is 11.9. The zero-order valence-corrected chi connectivity index (χ0v) is 16.5. The molecule has 1 amide bonds. The van der Waals surface area contributed by atoms with Crippen molar-refractivity contribution < 1.29 is 9.53 Å². The summed E-state index contributed by atoms with van der Waals surface area (Å²) >= 11 is 6.42. The highest BCUT2D eigenvalue weighted by atomic mass is 35.5. The van der Waals surface area contributed by atoms with E-state index in [0.717, 1.165) is 17.5 Å². The van der Waals surface area contributed by atoms with E-state index in [2.05, 4.69) is 25.2 Å². The molecule has 2 aromatic rings. The van der Waals surface area contributed by atoms with Crippen molar-refractivity contribution in [3.05, 3.63) is 63.2 Å². The van der Waals surface area contributed by atoms with E-state index in [9.17, 15) is 4.79 Å². The highest BCUT2D eigenvalue weighted by Crippen LogP contribution is 2.43. The Balaban J connectivity index is 1.87. The molecule has 1 aliphatic rings. The molecule has 1 fully saturated rings. The summed E-state index contributed by atoms with van der Waals surface area (Å²) in [5.74, 6) is 1.32. The fourth-order valence-corrected chi connectivity index (χ4v) is 3.61. The Morgan fingerprint density at radius 2 is 2.04 bits per heavy atom. The van der Waals surface area contributed by atoms with Crippen molar-refractivity contribution in [3.63, 3.8) is 0 Å². The first-order valence-corrected chi connectivity index (χ1v) is 9.64. The standard InChI is InChI=1S/C22H26ClNO2/c1-4-15-11-20(23)21(10-14(15)2)26-13-19-17(12-22(25)24-3)6-5-7-18(19)16-8-9-16/h5-7,10-11,16H,4,8-9,12-13H2,1-3H3,(H,24,25). The van der Waals surface area contributed by atoms with E-state index >= 15 is 0 Å². The van der Waals surface area contributed by atoms with Crippen molar-refractivity contribution >= 4 is 17.5 Å². The SMILES string of the molecule is CCc1cc(Cl)c(OCc2c(CC(=O)NC)cccc2C2CC2)cc1C. The summed E-state index contributed by atoms with van der Waals surface area (Å²) in [6, 6.07) is 10.2. The summed E-state index contributed by atoms with van der Waals surface area (Å²) in [7, 11) is 1.67. The monoisotopic (exact) mass is 371 g/mol. The molecule has 0 spiro atoms. The van der Waals surface area contributed by atoms with Crippen LogP contribution >= 0.6 is 11.6 Å². The summed E-state index contributed by atoms with van der Waals surface area (Å²) in [5, 5.41) is 3.35. The zero-order chi connectivity index (χ0) is 18.7. The molecule has 0 unspecified atom stereocenters. The number of hydrogen-bond acceptors (Lipinski definition) is 2. The molecule has 0 radical (unpaired) electrons. The Morgan fingerprint density at radius 1 is 1.27 bits per heavy atom. The van der Waals surface area contributed by atoms with E-state index in [0.29, 0.717) is 29.7 Å². The molecule has 26 heavy (non-hydrogen) atoms. The van der Waals surface area contributed by atoms with Gasteiger partial charge in [0, 0.05) is 7.05 Å². The van der Waals surface area contributed by atoms with Crippen LogP contribution in [-0.2, 0) is 24.2 Å². The summed E-state index contributed by atoms with van der Waals surface area (Å²) in [6.45, 7) is 4.64. The van der Waals surface area contributed by atoms with Crippen LogP contribution in [0.2, 0.25) is 5.02 Å². The van der Waals surface area contributed by atoms with Gasteiger partial charge in [0.1, 0.15) is 12.4 Å². The molecule has 3 nitrogen and oxygen atoms in total. The van der Waals surface area contributed by atoms with E-state index in [1.807, 2.05) is 24.3 Å². The van der Waals surface area contributed by atoms with Crippen LogP contribution in [0.5, 0.6) is 5.75 Å². The second-order valence-electron chi connectivity index (χ2n) is 6.96. The molecule has 0 aromatic heterocycles. The van der Waals surface area contributed by atoms with Gasteiger partial charge in [-0.15, -0.1) is 0 Å². The fraction of sp³-hybridized carbons (Fsp3) is 0.409. The second kappa shape index (κ2) is 8.13. The molecule has 3 rings (SSSR count). The maximum absolute atomic E-state index is 11.9. The normalized spacial score (nSPS) is 13.5. The quantitative estimate of drug-likeness (QED) is 0.747. The predicted octanol–water partition coefficient (Wildman–Crippen LogP) is 4.96. The Bertz CT molecular complexity index is 812. The number of likely N-dealkylation sites (N-methyl/N-ethyl adjacent to an activating group) is 1. The van der Waals surface area contributed by atoms with Crippen molar-refractivity contribution in [3.8, 4) is 5.75 Å². The molecule has 0 atom stereocenters. The van der Waals surface area contributed by atoms with Crippen molar-refractivity contribution in [2.75, 3.05) is 7.05 Å². The van der Waals surface area contributed by atoms with Gasteiger partial charge in [-0.05, 0) is 72.1 Å². The molecule has 4 heteroatoms.